The molecule has 1 aliphatic heterocycles. The number of H-pyrrole nitrogens is 1. The Morgan fingerprint density at radius 1 is 1.33 bits per heavy atom. The third kappa shape index (κ3) is 2.59. The number of fused-ring (bicyclic) bond motifs is 1. The highest BCUT2D eigenvalue weighted by Gasteiger charge is 2.31. The Bertz CT molecular complexity index is 739. The van der Waals surface area contributed by atoms with Crippen molar-refractivity contribution in [1.82, 2.24) is 19.8 Å². The number of hydrogen-bond donors (Lipinski definition) is 2. The van der Waals surface area contributed by atoms with Gasteiger partial charge in [-0.3, -0.25) is 5.10 Å². The molecule has 1 aliphatic rings. The molecule has 0 bridgehead atoms. The Balaban J connectivity index is 1.91. The number of rotatable bonds is 4. The van der Waals surface area contributed by atoms with Gasteiger partial charge in [0.1, 0.15) is 0 Å². The predicted molar refractivity (Wildman–Crippen MR) is 79.1 cm³/mol. The smallest absolute Gasteiger partial charge is 0.260 e. The monoisotopic (exact) mass is 306 g/mol. The average molecular weight is 306 g/mol. The zero-order valence-corrected chi connectivity index (χ0v) is 12.7. The minimum atomic E-state index is -3.54. The standard InChI is InChI=1S/C14H18N4O2S/c1-15-8-13-9-16-17-14(13)21(19,20)18-7-6-11-4-2-3-5-12(11)10-18/h2-5,9,15H,6-8,10H2,1H3,(H,16,17). The van der Waals surface area contributed by atoms with Crippen LogP contribution in [0.25, 0.3) is 0 Å². The quantitative estimate of drug-likeness (QED) is 0.879. The molecule has 3 rings (SSSR count). The largest absolute Gasteiger partial charge is 0.316 e. The lowest BCUT2D eigenvalue weighted by Gasteiger charge is -2.27. The van der Waals surface area contributed by atoms with E-state index < -0.39 is 10.0 Å². The van der Waals surface area contributed by atoms with Crippen molar-refractivity contribution in [2.75, 3.05) is 13.6 Å². The van der Waals surface area contributed by atoms with Gasteiger partial charge in [-0.2, -0.15) is 9.40 Å². The first-order valence-corrected chi connectivity index (χ1v) is 8.30. The number of benzene rings is 1. The molecule has 0 unspecified atom stereocenters. The highest BCUT2D eigenvalue weighted by Crippen LogP contribution is 2.25. The summed E-state index contributed by atoms with van der Waals surface area (Å²) in [6.45, 7) is 1.38. The molecule has 2 N–H and O–H groups in total. The van der Waals surface area contributed by atoms with E-state index in [9.17, 15) is 8.42 Å². The molecule has 0 atom stereocenters. The summed E-state index contributed by atoms with van der Waals surface area (Å²) in [5.41, 5.74) is 2.96. The summed E-state index contributed by atoms with van der Waals surface area (Å²) in [6.07, 6.45) is 2.30. The molecule has 2 aromatic rings. The molecule has 7 heteroatoms. The second-order valence-electron chi connectivity index (χ2n) is 5.11. The van der Waals surface area contributed by atoms with Crippen molar-refractivity contribution in [3.05, 3.63) is 47.2 Å². The van der Waals surface area contributed by atoms with E-state index in [1.807, 2.05) is 18.2 Å². The first kappa shape index (κ1) is 14.2. The highest BCUT2D eigenvalue weighted by molar-refractivity contribution is 7.89. The van der Waals surface area contributed by atoms with Gasteiger partial charge in [-0.05, 0) is 24.6 Å². The Kier molecular flexibility index (Phi) is 3.79. The van der Waals surface area contributed by atoms with E-state index in [2.05, 4.69) is 21.6 Å². The minimum Gasteiger partial charge on any atom is -0.316 e. The van der Waals surface area contributed by atoms with E-state index in [0.29, 0.717) is 25.2 Å². The van der Waals surface area contributed by atoms with Gasteiger partial charge >= 0.3 is 0 Å². The van der Waals surface area contributed by atoms with E-state index in [4.69, 9.17) is 0 Å². The number of aromatic amines is 1. The Morgan fingerprint density at radius 2 is 2.10 bits per heavy atom. The molecule has 0 radical (unpaired) electrons. The van der Waals surface area contributed by atoms with E-state index >= 15 is 0 Å². The zero-order chi connectivity index (χ0) is 14.9. The van der Waals surface area contributed by atoms with Crippen LogP contribution >= 0.6 is 0 Å². The van der Waals surface area contributed by atoms with Gasteiger partial charge in [-0.25, -0.2) is 8.42 Å². The maximum atomic E-state index is 12.8. The molecule has 0 amide bonds. The van der Waals surface area contributed by atoms with Crippen molar-refractivity contribution in [1.29, 1.82) is 0 Å². The van der Waals surface area contributed by atoms with Gasteiger partial charge in [-0.1, -0.05) is 24.3 Å². The average Bonchev–Trinajstić information content (AvgIpc) is 2.96. The predicted octanol–water partition coefficient (Wildman–Crippen LogP) is 0.876. The summed E-state index contributed by atoms with van der Waals surface area (Å²) in [5, 5.41) is 9.66. The topological polar surface area (TPSA) is 78.1 Å². The van der Waals surface area contributed by atoms with Crippen LogP contribution in [0, 0.1) is 0 Å². The van der Waals surface area contributed by atoms with Gasteiger partial charge in [0.2, 0.25) is 0 Å². The van der Waals surface area contributed by atoms with Crippen LogP contribution in [0.5, 0.6) is 0 Å². The molecule has 6 nitrogen and oxygen atoms in total. The third-order valence-electron chi connectivity index (χ3n) is 3.74. The Labute approximate surface area is 124 Å². The van der Waals surface area contributed by atoms with Crippen LogP contribution in [-0.4, -0.2) is 36.5 Å². The number of aromatic nitrogens is 2. The van der Waals surface area contributed by atoms with Gasteiger partial charge in [0.05, 0.1) is 6.20 Å². The van der Waals surface area contributed by atoms with Crippen LogP contribution in [0.1, 0.15) is 16.7 Å². The summed E-state index contributed by atoms with van der Waals surface area (Å²) in [5.74, 6) is 0. The molecule has 112 valence electrons. The van der Waals surface area contributed by atoms with Crippen molar-refractivity contribution in [3.8, 4) is 0 Å². The fourth-order valence-corrected chi connectivity index (χ4v) is 4.17. The molecule has 0 saturated heterocycles. The van der Waals surface area contributed by atoms with Gasteiger partial charge in [0, 0.05) is 25.2 Å². The number of sulfonamides is 1. The van der Waals surface area contributed by atoms with Gasteiger partial charge in [-0.15, -0.1) is 0 Å². The Hall–Kier alpha value is -1.70. The molecule has 21 heavy (non-hydrogen) atoms. The summed E-state index contributed by atoms with van der Waals surface area (Å²) in [6, 6.07) is 7.97. The van der Waals surface area contributed by atoms with E-state index in [1.54, 1.807) is 13.2 Å². The fourth-order valence-electron chi connectivity index (χ4n) is 2.64. The molecule has 2 heterocycles. The van der Waals surface area contributed by atoms with Crippen molar-refractivity contribution < 1.29 is 8.42 Å². The van der Waals surface area contributed by atoms with E-state index in [1.165, 1.54) is 9.87 Å². The van der Waals surface area contributed by atoms with Gasteiger partial charge in [0.25, 0.3) is 10.0 Å². The summed E-state index contributed by atoms with van der Waals surface area (Å²) in [7, 11) is -1.76. The number of hydrogen-bond acceptors (Lipinski definition) is 4. The second kappa shape index (κ2) is 5.59. The SMILES string of the molecule is CNCc1cn[nH]c1S(=O)(=O)N1CCc2ccccc2C1. The zero-order valence-electron chi connectivity index (χ0n) is 11.8. The molecule has 0 saturated carbocycles. The molecule has 0 spiro atoms. The summed E-state index contributed by atoms with van der Waals surface area (Å²) >= 11 is 0. The third-order valence-corrected chi connectivity index (χ3v) is 5.60. The number of nitrogens with one attached hydrogen (secondary N) is 2. The van der Waals surface area contributed by atoms with Crippen LogP contribution in [0.15, 0.2) is 35.5 Å². The van der Waals surface area contributed by atoms with Crippen molar-refractivity contribution in [3.63, 3.8) is 0 Å². The Morgan fingerprint density at radius 3 is 2.86 bits per heavy atom. The van der Waals surface area contributed by atoms with Crippen molar-refractivity contribution >= 4 is 10.0 Å². The van der Waals surface area contributed by atoms with Gasteiger partial charge < -0.3 is 5.32 Å². The molecule has 0 aliphatic carbocycles. The van der Waals surface area contributed by atoms with Crippen LogP contribution < -0.4 is 5.32 Å². The fraction of sp³-hybridized carbons (Fsp3) is 0.357. The van der Waals surface area contributed by atoms with Crippen LogP contribution in [0.2, 0.25) is 0 Å². The van der Waals surface area contributed by atoms with E-state index in [-0.39, 0.29) is 5.03 Å². The molecule has 0 fully saturated rings. The lowest BCUT2D eigenvalue weighted by atomic mass is 10.0. The first-order chi connectivity index (χ1) is 10.1. The molecule has 1 aromatic heterocycles. The minimum absolute atomic E-state index is 0.191. The molecular weight excluding hydrogens is 288 g/mol. The molecular formula is C14H18N4O2S. The van der Waals surface area contributed by atoms with Crippen molar-refractivity contribution in [2.45, 2.75) is 24.5 Å². The van der Waals surface area contributed by atoms with E-state index in [0.717, 1.165) is 12.0 Å². The summed E-state index contributed by atoms with van der Waals surface area (Å²) < 4.78 is 27.1. The number of nitrogens with zero attached hydrogens (tertiary/aromatic N) is 2. The van der Waals surface area contributed by atoms with Crippen LogP contribution in [0.3, 0.4) is 0 Å². The molecule has 1 aromatic carbocycles. The lowest BCUT2D eigenvalue weighted by molar-refractivity contribution is 0.389. The summed E-state index contributed by atoms with van der Waals surface area (Å²) in [4.78, 5) is 0. The second-order valence-corrected chi connectivity index (χ2v) is 6.99. The van der Waals surface area contributed by atoms with Crippen molar-refractivity contribution in [2.24, 2.45) is 0 Å². The maximum absolute atomic E-state index is 12.8. The van der Waals surface area contributed by atoms with Gasteiger partial charge in [0.15, 0.2) is 5.03 Å². The highest BCUT2D eigenvalue weighted by atomic mass is 32.2. The van der Waals surface area contributed by atoms with Crippen LogP contribution in [-0.2, 0) is 29.5 Å². The van der Waals surface area contributed by atoms with Crippen LogP contribution in [0.4, 0.5) is 0 Å². The lowest BCUT2D eigenvalue weighted by Crippen LogP contribution is -2.36. The first-order valence-electron chi connectivity index (χ1n) is 6.86. The normalized spacial score (nSPS) is 15.9. The maximum Gasteiger partial charge on any atom is 0.260 e.